The van der Waals surface area contributed by atoms with Gasteiger partial charge in [-0.05, 0) is 93.9 Å². The lowest BCUT2D eigenvalue weighted by Crippen LogP contribution is -2.59. The highest BCUT2D eigenvalue weighted by atomic mass is 16.5. The van der Waals surface area contributed by atoms with Crippen molar-refractivity contribution in [3.63, 3.8) is 0 Å². The monoisotopic (exact) mass is 1350 g/mol. The van der Waals surface area contributed by atoms with E-state index in [4.69, 9.17) is 16.2 Å². The number of H-pyrrole nitrogens is 1. The molecule has 0 saturated carbocycles. The van der Waals surface area contributed by atoms with Gasteiger partial charge in [0.1, 0.15) is 30.3 Å². The molecule has 17 atom stereocenters. The summed E-state index contributed by atoms with van der Waals surface area (Å²) in [4.78, 5) is 160. The first kappa shape index (κ1) is 81.4. The Bertz CT molecular complexity index is 3120. The van der Waals surface area contributed by atoms with Crippen molar-refractivity contribution in [1.82, 2.24) is 52.8 Å². The topological polar surface area (TPSA) is 393 Å². The Kier molecular flexibility index (Phi) is 34.1. The summed E-state index contributed by atoms with van der Waals surface area (Å²) in [5.41, 5.74) is 13.6. The second kappa shape index (κ2) is 40.6. The van der Waals surface area contributed by atoms with E-state index in [0.29, 0.717) is 69.3 Å². The lowest BCUT2D eigenvalue weighted by molar-refractivity contribution is -0.156. The van der Waals surface area contributed by atoms with E-state index in [9.17, 15) is 57.8 Å². The van der Waals surface area contributed by atoms with Crippen molar-refractivity contribution in [3.8, 4) is 0 Å². The van der Waals surface area contributed by atoms with Crippen molar-refractivity contribution in [2.45, 2.75) is 227 Å². The van der Waals surface area contributed by atoms with Gasteiger partial charge in [0.15, 0.2) is 17.3 Å². The van der Waals surface area contributed by atoms with Crippen LogP contribution in [0.4, 0.5) is 0 Å². The molecule has 4 rings (SSSR count). The maximum atomic E-state index is 14.9. The number of amides is 7. The van der Waals surface area contributed by atoms with E-state index in [1.54, 1.807) is 47.9 Å². The summed E-state index contributed by atoms with van der Waals surface area (Å²) in [5.74, 6) is -12.2. The summed E-state index contributed by atoms with van der Waals surface area (Å²) in [7, 11) is 1.65. The Morgan fingerprint density at radius 3 is 1.94 bits per heavy atom. The van der Waals surface area contributed by atoms with E-state index < -0.39 is 180 Å². The fraction of sp³-hybridized carbons (Fsp3) is 0.625. The number of esters is 1. The largest absolute Gasteiger partial charge is 0.459 e. The molecule has 1 aliphatic rings. The number of carbonyl (C=O) groups is 11. The molecule has 25 nitrogen and oxygen atoms in total. The second-order valence-electron chi connectivity index (χ2n) is 26.8. The summed E-state index contributed by atoms with van der Waals surface area (Å²) < 4.78 is 5.99. The van der Waals surface area contributed by atoms with Crippen LogP contribution in [-0.2, 0) is 70.3 Å². The fourth-order valence-electron chi connectivity index (χ4n) is 12.0. The number of primary amides is 1. The number of aliphatic hydroxyl groups is 1. The molecule has 2 aromatic carbocycles. The number of hydrogen-bond acceptors (Lipinski definition) is 17. The van der Waals surface area contributed by atoms with Gasteiger partial charge >= 0.3 is 5.97 Å². The van der Waals surface area contributed by atoms with Crippen molar-refractivity contribution in [1.29, 1.82) is 0 Å². The van der Waals surface area contributed by atoms with Crippen molar-refractivity contribution < 1.29 is 62.6 Å². The van der Waals surface area contributed by atoms with E-state index in [0.717, 1.165) is 16.5 Å². The second-order valence-corrected chi connectivity index (χ2v) is 26.8. The zero-order valence-electron chi connectivity index (χ0n) is 59.1. The van der Waals surface area contributed by atoms with Crippen LogP contribution in [0.1, 0.15) is 164 Å². The number of cyclic esters (lactones) is 1. The van der Waals surface area contributed by atoms with Gasteiger partial charge in [-0.25, -0.2) is 0 Å². The van der Waals surface area contributed by atoms with Crippen LogP contribution >= 0.6 is 0 Å². The number of aromatic nitrogens is 1. The van der Waals surface area contributed by atoms with Crippen molar-refractivity contribution in [2.24, 2.45) is 52.9 Å². The minimum absolute atomic E-state index is 0.0778. The molecule has 97 heavy (non-hydrogen) atoms. The number of fused-ring (bicyclic) bond motifs is 1. The molecular formula is C72H112N12O13. The van der Waals surface area contributed by atoms with Crippen LogP contribution in [0, 0.1) is 41.4 Å². The van der Waals surface area contributed by atoms with Crippen LogP contribution < -0.4 is 59.3 Å². The summed E-state index contributed by atoms with van der Waals surface area (Å²) in [6, 6.07) is 7.64. The quantitative estimate of drug-likeness (QED) is 0.0282. The van der Waals surface area contributed by atoms with E-state index >= 15 is 0 Å². The van der Waals surface area contributed by atoms with Crippen LogP contribution in [0.3, 0.4) is 0 Å². The molecule has 0 radical (unpaired) electrons. The third kappa shape index (κ3) is 25.1. The maximum absolute atomic E-state index is 14.9. The highest BCUT2D eigenvalue weighted by Crippen LogP contribution is 2.26. The van der Waals surface area contributed by atoms with Gasteiger partial charge in [-0.15, -0.1) is 0 Å². The number of Topliss-reactive ketones (excluding diaryl/α,β-unsaturated/α-hetero) is 3. The van der Waals surface area contributed by atoms with Crippen molar-refractivity contribution in [2.75, 3.05) is 20.2 Å². The van der Waals surface area contributed by atoms with Gasteiger partial charge in [0.2, 0.25) is 41.4 Å². The number of carbonyl (C=O) groups excluding carboxylic acids is 11. The minimum Gasteiger partial charge on any atom is -0.459 e. The van der Waals surface area contributed by atoms with E-state index in [1.807, 2.05) is 89.2 Å². The smallest absolute Gasteiger partial charge is 0.323 e. The molecular weight excluding hydrogens is 1240 g/mol. The van der Waals surface area contributed by atoms with E-state index in [-0.39, 0.29) is 31.6 Å². The van der Waals surface area contributed by atoms with Crippen LogP contribution in [-0.4, -0.2) is 155 Å². The number of aliphatic hydroxyl groups excluding tert-OH is 1. The number of hydrogen-bond donors (Lipinski definition) is 13. The number of likely N-dealkylation sites (N-methyl/N-ethyl adjacent to an activating group) is 1. The number of aromatic amines is 1. The third-order valence-electron chi connectivity index (χ3n) is 19.3. The van der Waals surface area contributed by atoms with E-state index in [1.165, 1.54) is 6.92 Å². The van der Waals surface area contributed by atoms with Crippen molar-refractivity contribution in [3.05, 3.63) is 84.3 Å². The Morgan fingerprint density at radius 1 is 0.701 bits per heavy atom. The summed E-state index contributed by atoms with van der Waals surface area (Å²) in [6.45, 7) is 22.8. The molecule has 1 aliphatic heterocycles. The zero-order valence-corrected chi connectivity index (χ0v) is 59.1. The molecule has 538 valence electrons. The molecule has 0 aliphatic carbocycles. The van der Waals surface area contributed by atoms with E-state index in [2.05, 4.69) is 59.4 Å². The molecule has 1 unspecified atom stereocenters. The molecule has 1 fully saturated rings. The predicted octanol–water partition coefficient (Wildman–Crippen LogP) is 4.12. The van der Waals surface area contributed by atoms with Gasteiger partial charge in [0.25, 0.3) is 0 Å². The van der Waals surface area contributed by atoms with Crippen LogP contribution in [0.2, 0.25) is 0 Å². The Hall–Kier alpha value is -8.03. The average Bonchev–Trinajstić information content (AvgIpc) is 1.67. The Labute approximate surface area is 572 Å². The van der Waals surface area contributed by atoms with Crippen LogP contribution in [0.15, 0.2) is 73.2 Å². The van der Waals surface area contributed by atoms with Gasteiger partial charge in [0, 0.05) is 79.7 Å². The van der Waals surface area contributed by atoms with Gasteiger partial charge in [0.05, 0.1) is 36.5 Å². The molecule has 1 aromatic heterocycles. The number of ether oxygens (including phenoxy) is 1. The first-order valence-corrected chi connectivity index (χ1v) is 34.7. The Balaban J connectivity index is 1.60. The van der Waals surface area contributed by atoms with Crippen LogP contribution in [0.5, 0.6) is 0 Å². The highest BCUT2D eigenvalue weighted by molar-refractivity contribution is 5.99. The number of unbranched alkanes of at least 4 members (excludes halogenated alkanes) is 1. The lowest BCUT2D eigenvalue weighted by atomic mass is 9.83. The summed E-state index contributed by atoms with van der Waals surface area (Å²) >= 11 is 0. The first-order valence-electron chi connectivity index (χ1n) is 34.7. The standard InChI is InChI=1S/C72H112N12O13/c1-14-40(5)52(37-58(86)55(30-31-61(74)89)80-70(94)57(35-49-38-77-54-29-22-21-27-51(49)54)81-71(95)63(42(7)16-3)83-69(93)56(75-13)34-48-25-19-18-20-26-48)68(92)82-62(41(6)15-2)60(88)36-50(39-85)67(91)84-65-46(11)97-72(96)64(43(8)17-4)78-45(10)53(28-23-24-32-76-47(12)73)79-66(90)44(9)33-59(65)87/h18-22,25-27,29,38,40-46,50,52-53,55-57,62-65,75-78,85H,12,14-17,23-24,28,30-37,39,73H2,1-11,13H3,(H2,74,89)(H,79,90)(H,80,94)(H,81,95)(H,82,92)(H,83,93)(H,84,91)/t40-,41-,42-,43-,44+,45?,46-,50-,52+,53-,55+,56+,57-,62-,63-,64-,65+/m0/s1. The summed E-state index contributed by atoms with van der Waals surface area (Å²) in [6.07, 6.45) is 2.27. The Morgan fingerprint density at radius 2 is 1.32 bits per heavy atom. The third-order valence-corrected chi connectivity index (χ3v) is 19.3. The molecule has 3 aromatic rings. The number of para-hydroxylation sites is 1. The predicted molar refractivity (Wildman–Crippen MR) is 372 cm³/mol. The number of benzene rings is 2. The molecule has 15 N–H and O–H groups in total. The normalized spacial score (nSPS) is 21.2. The SMILES string of the molecule is C=C(N)NCCCC[C@@H]1NC(=O)[C@H](C)CC(=O)[C@H](NC(=O)[C@H](CO)CC(=O)[C@@H](NC(=O)[C@H](CC(=O)[C@@H](CCC(N)=O)NC(=O)[C@H](Cc2c[nH]c3ccccc23)NC(=O)[C@@H](NC(=O)[C@@H](Cc2ccccc2)NC)[C@@H](C)CC)[C@@H](C)CC)[C@@H](C)CC)[C@H](C)OC(=O)[C@H]([C@@H](C)CC)NC1C. The fourth-order valence-corrected chi connectivity index (χ4v) is 12.0. The first-order chi connectivity index (χ1) is 46.0. The average molecular weight is 1350 g/mol. The van der Waals surface area contributed by atoms with Gasteiger partial charge in [-0.1, -0.05) is 143 Å². The zero-order chi connectivity index (χ0) is 72.2. The summed E-state index contributed by atoms with van der Waals surface area (Å²) in [5, 5.41) is 38.1. The van der Waals surface area contributed by atoms with Crippen LogP contribution in [0.25, 0.3) is 10.9 Å². The molecule has 2 heterocycles. The minimum atomic E-state index is -1.52. The molecule has 25 heteroatoms. The van der Waals surface area contributed by atoms with Gasteiger partial charge in [-0.3, -0.25) is 58.1 Å². The molecule has 0 spiro atoms. The lowest BCUT2D eigenvalue weighted by Gasteiger charge is -2.33. The molecule has 0 bridgehead atoms. The highest BCUT2D eigenvalue weighted by Gasteiger charge is 2.41. The van der Waals surface area contributed by atoms with Gasteiger partial charge < -0.3 is 68.8 Å². The number of nitrogens with one attached hydrogen (secondary N) is 10. The number of rotatable bonds is 39. The van der Waals surface area contributed by atoms with Gasteiger partial charge in [-0.2, -0.15) is 0 Å². The number of nitrogens with two attached hydrogens (primary N) is 2. The molecule has 1 saturated heterocycles. The van der Waals surface area contributed by atoms with Crippen molar-refractivity contribution >= 4 is 75.6 Å². The maximum Gasteiger partial charge on any atom is 0.323 e. The number of ketones is 3. The molecule has 7 amide bonds.